The van der Waals surface area contributed by atoms with E-state index in [0.717, 1.165) is 0 Å². The first-order valence-electron chi connectivity index (χ1n) is 6.03. The smallest absolute Gasteiger partial charge is 0.257 e. The van der Waals surface area contributed by atoms with Gasteiger partial charge in [-0.1, -0.05) is 12.1 Å². The van der Waals surface area contributed by atoms with E-state index in [1.54, 1.807) is 31.2 Å². The van der Waals surface area contributed by atoms with Gasteiger partial charge in [-0.25, -0.2) is 4.39 Å². The molecule has 5 heteroatoms. The van der Waals surface area contributed by atoms with Crippen molar-refractivity contribution in [2.24, 2.45) is 0 Å². The van der Waals surface area contributed by atoms with E-state index in [2.05, 4.69) is 5.32 Å². The van der Waals surface area contributed by atoms with E-state index in [-0.39, 0.29) is 17.1 Å². The molecule has 4 nitrogen and oxygen atoms in total. The highest BCUT2D eigenvalue weighted by atomic mass is 19.1. The number of carbonyl (C=O) groups excluding carboxylic acids is 1. The zero-order chi connectivity index (χ0) is 14.7. The summed E-state index contributed by atoms with van der Waals surface area (Å²) >= 11 is 0. The maximum atomic E-state index is 13.4. The molecule has 0 saturated heterocycles. The summed E-state index contributed by atoms with van der Waals surface area (Å²) < 4.78 is 18.5. The van der Waals surface area contributed by atoms with Gasteiger partial charge in [0.15, 0.2) is 0 Å². The molecule has 0 atom stereocenters. The van der Waals surface area contributed by atoms with Gasteiger partial charge in [0.1, 0.15) is 11.6 Å². The van der Waals surface area contributed by atoms with Crippen LogP contribution in [0.3, 0.4) is 0 Å². The molecular formula is C15H15FN2O2. The Bertz CT molecular complexity index is 656. The van der Waals surface area contributed by atoms with Crippen molar-refractivity contribution in [2.75, 3.05) is 18.2 Å². The largest absolute Gasteiger partial charge is 0.495 e. The fourth-order valence-corrected chi connectivity index (χ4v) is 1.85. The molecule has 2 rings (SSSR count). The second-order valence-electron chi connectivity index (χ2n) is 4.29. The summed E-state index contributed by atoms with van der Waals surface area (Å²) in [6.45, 7) is 1.60. The monoisotopic (exact) mass is 274 g/mol. The molecule has 104 valence electrons. The van der Waals surface area contributed by atoms with Crippen molar-refractivity contribution in [1.82, 2.24) is 0 Å². The molecule has 0 heterocycles. The Labute approximate surface area is 116 Å². The number of nitrogens with two attached hydrogens (primary N) is 1. The average molecular weight is 274 g/mol. The van der Waals surface area contributed by atoms with Gasteiger partial charge < -0.3 is 15.8 Å². The van der Waals surface area contributed by atoms with Gasteiger partial charge in [-0.05, 0) is 31.2 Å². The number of carbonyl (C=O) groups is 1. The molecular weight excluding hydrogens is 259 g/mol. The Hall–Kier alpha value is -2.56. The number of methoxy groups -OCH3 is 1. The maximum absolute atomic E-state index is 13.4. The van der Waals surface area contributed by atoms with E-state index >= 15 is 0 Å². The van der Waals surface area contributed by atoms with E-state index in [9.17, 15) is 9.18 Å². The fourth-order valence-electron chi connectivity index (χ4n) is 1.85. The first kappa shape index (κ1) is 13.9. The van der Waals surface area contributed by atoms with Gasteiger partial charge in [0.2, 0.25) is 0 Å². The van der Waals surface area contributed by atoms with Gasteiger partial charge in [-0.2, -0.15) is 0 Å². The van der Waals surface area contributed by atoms with E-state index in [4.69, 9.17) is 10.5 Å². The average Bonchev–Trinajstić information content (AvgIpc) is 2.44. The molecule has 0 aliphatic carbocycles. The van der Waals surface area contributed by atoms with E-state index in [1.807, 2.05) is 0 Å². The molecule has 0 unspecified atom stereocenters. The van der Waals surface area contributed by atoms with Crippen LogP contribution in [0.15, 0.2) is 36.4 Å². The number of benzene rings is 2. The first-order valence-corrected chi connectivity index (χ1v) is 6.03. The molecule has 0 aliphatic rings. The van der Waals surface area contributed by atoms with E-state index in [1.165, 1.54) is 19.2 Å². The van der Waals surface area contributed by atoms with E-state index in [0.29, 0.717) is 17.0 Å². The van der Waals surface area contributed by atoms with Crippen LogP contribution in [0.5, 0.6) is 5.75 Å². The first-order chi connectivity index (χ1) is 9.54. The Morgan fingerprint density at radius 2 is 1.95 bits per heavy atom. The SMILES string of the molecule is COc1cccc(C(=O)Nc2cccc(F)c2C)c1N. The fraction of sp³-hybridized carbons (Fsp3) is 0.133. The normalized spacial score (nSPS) is 10.2. The summed E-state index contributed by atoms with van der Waals surface area (Å²) in [6, 6.07) is 9.42. The highest BCUT2D eigenvalue weighted by Gasteiger charge is 2.14. The summed E-state index contributed by atoms with van der Waals surface area (Å²) in [5.74, 6) is -0.356. The number of hydrogen-bond acceptors (Lipinski definition) is 3. The van der Waals surface area contributed by atoms with Crippen LogP contribution in [-0.4, -0.2) is 13.0 Å². The van der Waals surface area contributed by atoms with Crippen molar-refractivity contribution in [3.63, 3.8) is 0 Å². The lowest BCUT2D eigenvalue weighted by Crippen LogP contribution is -2.15. The summed E-state index contributed by atoms with van der Waals surface area (Å²) in [7, 11) is 1.48. The van der Waals surface area contributed by atoms with Gasteiger partial charge in [-0.3, -0.25) is 4.79 Å². The Morgan fingerprint density at radius 1 is 1.25 bits per heavy atom. The highest BCUT2D eigenvalue weighted by molar-refractivity contribution is 6.08. The predicted octanol–water partition coefficient (Wildman–Crippen LogP) is 2.98. The lowest BCUT2D eigenvalue weighted by Gasteiger charge is -2.12. The van der Waals surface area contributed by atoms with Gasteiger partial charge in [0.05, 0.1) is 18.4 Å². The molecule has 0 aromatic heterocycles. The molecule has 2 aromatic rings. The third kappa shape index (κ3) is 2.56. The topological polar surface area (TPSA) is 64.3 Å². The van der Waals surface area contributed by atoms with Crippen LogP contribution in [0.25, 0.3) is 0 Å². The number of halogens is 1. The second-order valence-corrected chi connectivity index (χ2v) is 4.29. The third-order valence-corrected chi connectivity index (χ3v) is 3.05. The second kappa shape index (κ2) is 5.61. The van der Waals surface area contributed by atoms with Gasteiger partial charge in [-0.15, -0.1) is 0 Å². The summed E-state index contributed by atoms with van der Waals surface area (Å²) in [4.78, 5) is 12.2. The minimum atomic E-state index is -0.407. The lowest BCUT2D eigenvalue weighted by molar-refractivity contribution is 0.102. The number of rotatable bonds is 3. The van der Waals surface area contributed by atoms with Crippen molar-refractivity contribution in [3.05, 3.63) is 53.3 Å². The number of ether oxygens (including phenoxy) is 1. The molecule has 0 spiro atoms. The van der Waals surface area contributed by atoms with Crippen LogP contribution in [0.2, 0.25) is 0 Å². The molecule has 2 aromatic carbocycles. The maximum Gasteiger partial charge on any atom is 0.257 e. The zero-order valence-corrected chi connectivity index (χ0v) is 11.2. The molecule has 0 bridgehead atoms. The van der Waals surface area contributed by atoms with Crippen molar-refractivity contribution in [3.8, 4) is 5.75 Å². The number of nitrogen functional groups attached to an aromatic ring is 1. The summed E-state index contributed by atoms with van der Waals surface area (Å²) in [5.41, 5.74) is 7.18. The van der Waals surface area contributed by atoms with Crippen LogP contribution in [-0.2, 0) is 0 Å². The van der Waals surface area contributed by atoms with Crippen molar-refractivity contribution in [2.45, 2.75) is 6.92 Å². The van der Waals surface area contributed by atoms with Crippen LogP contribution >= 0.6 is 0 Å². The zero-order valence-electron chi connectivity index (χ0n) is 11.2. The Morgan fingerprint density at radius 3 is 2.65 bits per heavy atom. The van der Waals surface area contributed by atoms with Crippen molar-refractivity contribution < 1.29 is 13.9 Å². The Kier molecular flexibility index (Phi) is 3.89. The van der Waals surface area contributed by atoms with Crippen molar-refractivity contribution in [1.29, 1.82) is 0 Å². The number of para-hydroxylation sites is 1. The molecule has 0 saturated carbocycles. The molecule has 3 N–H and O–H groups in total. The molecule has 1 amide bonds. The summed E-state index contributed by atoms with van der Waals surface area (Å²) in [5, 5.41) is 2.64. The number of anilines is 2. The number of hydrogen-bond donors (Lipinski definition) is 2. The van der Waals surface area contributed by atoms with Crippen LogP contribution in [0.4, 0.5) is 15.8 Å². The van der Waals surface area contributed by atoms with Gasteiger partial charge in [0, 0.05) is 11.3 Å². The summed E-state index contributed by atoms with van der Waals surface area (Å²) in [6.07, 6.45) is 0. The van der Waals surface area contributed by atoms with E-state index < -0.39 is 5.91 Å². The van der Waals surface area contributed by atoms with Crippen LogP contribution in [0, 0.1) is 12.7 Å². The van der Waals surface area contributed by atoms with Gasteiger partial charge in [0.25, 0.3) is 5.91 Å². The highest BCUT2D eigenvalue weighted by Crippen LogP contribution is 2.26. The Balaban J connectivity index is 2.31. The molecule has 0 aliphatic heterocycles. The van der Waals surface area contributed by atoms with Crippen LogP contribution < -0.4 is 15.8 Å². The predicted molar refractivity (Wildman–Crippen MR) is 76.5 cm³/mol. The third-order valence-electron chi connectivity index (χ3n) is 3.05. The number of nitrogens with one attached hydrogen (secondary N) is 1. The minimum absolute atomic E-state index is 0.251. The minimum Gasteiger partial charge on any atom is -0.495 e. The van der Waals surface area contributed by atoms with Crippen molar-refractivity contribution >= 4 is 17.3 Å². The lowest BCUT2D eigenvalue weighted by atomic mass is 10.1. The standard InChI is InChI=1S/C15H15FN2O2/c1-9-11(16)6-4-7-12(9)18-15(19)10-5-3-8-13(20-2)14(10)17/h3-8H,17H2,1-2H3,(H,18,19). The molecule has 0 radical (unpaired) electrons. The molecule has 0 fully saturated rings. The number of amides is 1. The van der Waals surface area contributed by atoms with Gasteiger partial charge >= 0.3 is 0 Å². The quantitative estimate of drug-likeness (QED) is 0.846. The van der Waals surface area contributed by atoms with Crippen LogP contribution in [0.1, 0.15) is 15.9 Å². The molecule has 20 heavy (non-hydrogen) atoms.